The van der Waals surface area contributed by atoms with Crippen molar-refractivity contribution in [1.29, 1.82) is 0 Å². The maximum Gasteiger partial charge on any atom is 0.182 e. The standard InChI is InChI=1S/C10H7ClN4S/c11-6-4-2-1-3-5(6)7-8-9(15-14-7)13-10(12)16-8/h1-4H,(H3,12,13,14,15). The maximum atomic E-state index is 6.12. The van der Waals surface area contributed by atoms with E-state index in [-0.39, 0.29) is 0 Å². The van der Waals surface area contributed by atoms with Crippen LogP contribution in [-0.4, -0.2) is 15.2 Å². The number of benzene rings is 1. The van der Waals surface area contributed by atoms with Crippen LogP contribution in [0.1, 0.15) is 0 Å². The first-order valence-corrected chi connectivity index (χ1v) is 5.80. The largest absolute Gasteiger partial charge is 0.375 e. The van der Waals surface area contributed by atoms with Gasteiger partial charge in [0.25, 0.3) is 0 Å². The second kappa shape index (κ2) is 3.47. The summed E-state index contributed by atoms with van der Waals surface area (Å²) in [5.74, 6) is 0. The van der Waals surface area contributed by atoms with Gasteiger partial charge >= 0.3 is 0 Å². The highest BCUT2D eigenvalue weighted by Gasteiger charge is 2.14. The number of nitrogens with zero attached hydrogens (tertiary/aromatic N) is 2. The van der Waals surface area contributed by atoms with Crippen molar-refractivity contribution in [3.05, 3.63) is 29.3 Å². The third kappa shape index (κ3) is 1.36. The SMILES string of the molecule is Nc1nc2[nH]nc(-c3ccccc3Cl)c2s1. The van der Waals surface area contributed by atoms with Crippen molar-refractivity contribution in [2.75, 3.05) is 5.73 Å². The van der Waals surface area contributed by atoms with Crippen LogP contribution in [0.15, 0.2) is 24.3 Å². The normalized spacial score (nSPS) is 11.1. The van der Waals surface area contributed by atoms with Gasteiger partial charge in [-0.25, -0.2) is 4.98 Å². The third-order valence-electron chi connectivity index (χ3n) is 2.26. The number of nitrogens with two attached hydrogens (primary N) is 1. The van der Waals surface area contributed by atoms with Gasteiger partial charge in [-0.15, -0.1) is 0 Å². The average molecular weight is 251 g/mol. The molecule has 0 aliphatic carbocycles. The number of hydrogen-bond donors (Lipinski definition) is 2. The van der Waals surface area contributed by atoms with Crippen LogP contribution in [0.25, 0.3) is 21.6 Å². The summed E-state index contributed by atoms with van der Waals surface area (Å²) in [5.41, 5.74) is 8.04. The molecule has 0 aliphatic heterocycles. The van der Waals surface area contributed by atoms with Gasteiger partial charge in [0.2, 0.25) is 0 Å². The van der Waals surface area contributed by atoms with E-state index in [1.54, 1.807) is 0 Å². The molecule has 16 heavy (non-hydrogen) atoms. The van der Waals surface area contributed by atoms with Crippen LogP contribution in [0.5, 0.6) is 0 Å². The van der Waals surface area contributed by atoms with Crippen molar-refractivity contribution in [3.8, 4) is 11.3 Å². The highest BCUT2D eigenvalue weighted by Crippen LogP contribution is 2.35. The van der Waals surface area contributed by atoms with Gasteiger partial charge in [-0.2, -0.15) is 5.10 Å². The van der Waals surface area contributed by atoms with Crippen LogP contribution < -0.4 is 5.73 Å². The Morgan fingerprint density at radius 2 is 2.12 bits per heavy atom. The zero-order chi connectivity index (χ0) is 11.1. The maximum absolute atomic E-state index is 6.12. The molecule has 0 atom stereocenters. The van der Waals surface area contributed by atoms with E-state index in [0.717, 1.165) is 16.0 Å². The Labute approximate surface area is 100 Å². The summed E-state index contributed by atoms with van der Waals surface area (Å²) in [4.78, 5) is 4.12. The molecule has 80 valence electrons. The molecule has 0 fully saturated rings. The van der Waals surface area contributed by atoms with Crippen LogP contribution in [-0.2, 0) is 0 Å². The van der Waals surface area contributed by atoms with Crippen LogP contribution in [0.2, 0.25) is 5.02 Å². The lowest BCUT2D eigenvalue weighted by Crippen LogP contribution is -1.82. The Morgan fingerprint density at radius 1 is 1.31 bits per heavy atom. The molecule has 0 unspecified atom stereocenters. The molecule has 1 aromatic carbocycles. The molecule has 0 amide bonds. The van der Waals surface area contributed by atoms with Gasteiger partial charge < -0.3 is 5.73 Å². The fourth-order valence-corrected chi connectivity index (χ4v) is 2.58. The number of rotatable bonds is 1. The zero-order valence-electron chi connectivity index (χ0n) is 8.07. The number of halogens is 1. The monoisotopic (exact) mass is 250 g/mol. The van der Waals surface area contributed by atoms with Crippen molar-refractivity contribution in [1.82, 2.24) is 15.2 Å². The molecule has 2 heterocycles. The van der Waals surface area contributed by atoms with Gasteiger partial charge in [0.05, 0.1) is 5.02 Å². The van der Waals surface area contributed by atoms with Gasteiger partial charge in [0.1, 0.15) is 10.4 Å². The minimum absolute atomic E-state index is 0.525. The molecule has 0 radical (unpaired) electrons. The van der Waals surface area contributed by atoms with E-state index in [1.807, 2.05) is 24.3 Å². The Kier molecular flexibility index (Phi) is 2.08. The Hall–Kier alpha value is -1.59. The van der Waals surface area contributed by atoms with E-state index in [4.69, 9.17) is 17.3 Å². The van der Waals surface area contributed by atoms with Crippen molar-refractivity contribution in [2.24, 2.45) is 0 Å². The second-order valence-electron chi connectivity index (χ2n) is 3.28. The minimum atomic E-state index is 0.525. The number of aromatic nitrogens is 3. The first-order valence-electron chi connectivity index (χ1n) is 4.61. The van der Waals surface area contributed by atoms with Crippen molar-refractivity contribution >= 4 is 38.4 Å². The fourth-order valence-electron chi connectivity index (χ4n) is 1.57. The number of aromatic amines is 1. The molecular weight excluding hydrogens is 244 g/mol. The van der Waals surface area contributed by atoms with E-state index in [0.29, 0.717) is 15.8 Å². The summed E-state index contributed by atoms with van der Waals surface area (Å²) >= 11 is 7.53. The molecule has 0 spiro atoms. The first-order chi connectivity index (χ1) is 7.75. The van der Waals surface area contributed by atoms with Crippen LogP contribution in [0.4, 0.5) is 5.13 Å². The van der Waals surface area contributed by atoms with Crippen LogP contribution in [0.3, 0.4) is 0 Å². The van der Waals surface area contributed by atoms with Crippen molar-refractivity contribution in [2.45, 2.75) is 0 Å². The second-order valence-corrected chi connectivity index (χ2v) is 4.72. The highest BCUT2D eigenvalue weighted by molar-refractivity contribution is 7.22. The molecular formula is C10H7ClN4S. The van der Waals surface area contributed by atoms with Gasteiger partial charge in [0.15, 0.2) is 10.8 Å². The van der Waals surface area contributed by atoms with Gasteiger partial charge in [0, 0.05) is 5.56 Å². The summed E-state index contributed by atoms with van der Waals surface area (Å²) in [6.07, 6.45) is 0. The van der Waals surface area contributed by atoms with E-state index < -0.39 is 0 Å². The van der Waals surface area contributed by atoms with Gasteiger partial charge in [-0.3, -0.25) is 5.10 Å². The number of anilines is 1. The molecule has 6 heteroatoms. The molecule has 4 nitrogen and oxygen atoms in total. The van der Waals surface area contributed by atoms with Gasteiger partial charge in [-0.1, -0.05) is 41.1 Å². The summed E-state index contributed by atoms with van der Waals surface area (Å²) in [6.45, 7) is 0. The topological polar surface area (TPSA) is 67.6 Å². The third-order valence-corrected chi connectivity index (χ3v) is 3.48. The molecule has 3 N–H and O–H groups in total. The number of H-pyrrole nitrogens is 1. The van der Waals surface area contributed by atoms with Crippen molar-refractivity contribution in [3.63, 3.8) is 0 Å². The van der Waals surface area contributed by atoms with Crippen LogP contribution >= 0.6 is 22.9 Å². The smallest absolute Gasteiger partial charge is 0.182 e. The molecule has 3 aromatic rings. The summed E-state index contributed by atoms with van der Waals surface area (Å²) in [6, 6.07) is 7.57. The zero-order valence-corrected chi connectivity index (χ0v) is 9.64. The van der Waals surface area contributed by atoms with E-state index >= 15 is 0 Å². The Bertz CT molecular complexity index is 658. The van der Waals surface area contributed by atoms with Crippen molar-refractivity contribution < 1.29 is 0 Å². The molecule has 0 bridgehead atoms. The van der Waals surface area contributed by atoms with E-state index in [2.05, 4.69) is 15.2 Å². The lowest BCUT2D eigenvalue weighted by Gasteiger charge is -1.98. The molecule has 0 saturated heterocycles. The fraction of sp³-hybridized carbons (Fsp3) is 0. The first kappa shape index (κ1) is 9.62. The highest BCUT2D eigenvalue weighted by atomic mass is 35.5. The number of fused-ring (bicyclic) bond motifs is 1. The summed E-state index contributed by atoms with van der Waals surface area (Å²) in [5, 5.41) is 8.25. The Morgan fingerprint density at radius 3 is 2.94 bits per heavy atom. The van der Waals surface area contributed by atoms with Gasteiger partial charge in [-0.05, 0) is 6.07 Å². The number of thiazole rings is 1. The predicted octanol–water partition coefficient (Wildman–Crippen LogP) is 2.92. The lowest BCUT2D eigenvalue weighted by atomic mass is 10.1. The molecule has 0 saturated carbocycles. The van der Waals surface area contributed by atoms with E-state index in [1.165, 1.54) is 11.3 Å². The summed E-state index contributed by atoms with van der Waals surface area (Å²) in [7, 11) is 0. The van der Waals surface area contributed by atoms with Crippen LogP contribution in [0, 0.1) is 0 Å². The molecule has 2 aromatic heterocycles. The van der Waals surface area contributed by atoms with E-state index in [9.17, 15) is 0 Å². The average Bonchev–Trinajstić information content (AvgIpc) is 2.78. The lowest BCUT2D eigenvalue weighted by molar-refractivity contribution is 1.10. The Balaban J connectivity index is 2.30. The molecule has 3 rings (SSSR count). The number of nitrogen functional groups attached to an aromatic ring is 1. The molecule has 0 aliphatic rings. The minimum Gasteiger partial charge on any atom is -0.375 e. The number of hydrogen-bond acceptors (Lipinski definition) is 4. The quantitative estimate of drug-likeness (QED) is 0.698. The number of nitrogens with one attached hydrogen (secondary N) is 1. The predicted molar refractivity (Wildman–Crippen MR) is 66.6 cm³/mol. The summed E-state index contributed by atoms with van der Waals surface area (Å²) < 4.78 is 0.936.